The minimum absolute atomic E-state index is 0.140. The first-order valence-electron chi connectivity index (χ1n) is 9.15. The monoisotopic (exact) mass is 404 g/mol. The highest BCUT2D eigenvalue weighted by Gasteiger charge is 2.14. The summed E-state index contributed by atoms with van der Waals surface area (Å²) in [5, 5.41) is 31.1. The Bertz CT molecular complexity index is 1220. The number of aromatic hydroxyl groups is 3. The van der Waals surface area contributed by atoms with Gasteiger partial charge in [-0.25, -0.2) is 4.98 Å². The van der Waals surface area contributed by atoms with Crippen molar-refractivity contribution in [2.24, 2.45) is 0 Å². The highest BCUT2D eigenvalue weighted by Crippen LogP contribution is 2.37. The predicted molar refractivity (Wildman–Crippen MR) is 115 cm³/mol. The fraction of sp³-hybridized carbons (Fsp3) is 0.0909. The molecule has 8 heteroatoms. The average Bonchev–Trinajstić information content (AvgIpc) is 3.15. The predicted octanol–water partition coefficient (Wildman–Crippen LogP) is 3.67. The molecule has 0 aliphatic rings. The van der Waals surface area contributed by atoms with Crippen LogP contribution in [0, 0.1) is 0 Å². The second kappa shape index (κ2) is 7.32. The number of phenolic OH excluding ortho intramolecular Hbond substituents is 3. The number of rotatable bonds is 4. The van der Waals surface area contributed by atoms with Crippen LogP contribution in [0.1, 0.15) is 10.5 Å². The lowest BCUT2D eigenvalue weighted by atomic mass is 10.1. The first-order chi connectivity index (χ1) is 14.3. The molecule has 8 nitrogen and oxygen atoms in total. The molecule has 30 heavy (non-hydrogen) atoms. The largest absolute Gasteiger partial charge is 0.504 e. The van der Waals surface area contributed by atoms with E-state index in [0.717, 1.165) is 29.1 Å². The van der Waals surface area contributed by atoms with E-state index < -0.39 is 23.2 Å². The van der Waals surface area contributed by atoms with E-state index in [9.17, 15) is 20.1 Å². The topological polar surface area (TPSA) is 122 Å². The normalized spacial score (nSPS) is 10.9. The Morgan fingerprint density at radius 3 is 2.27 bits per heavy atom. The minimum atomic E-state index is -0.644. The van der Waals surface area contributed by atoms with Crippen molar-refractivity contribution in [1.29, 1.82) is 0 Å². The molecule has 4 aromatic rings. The van der Waals surface area contributed by atoms with Crippen LogP contribution in [0.2, 0.25) is 0 Å². The number of H-pyrrole nitrogens is 1. The number of aromatic amines is 1. The molecule has 4 rings (SSSR count). The number of carbonyl (C=O) groups is 1. The highest BCUT2D eigenvalue weighted by atomic mass is 16.3. The summed E-state index contributed by atoms with van der Waals surface area (Å²) in [6, 6.07) is 15.7. The maximum atomic E-state index is 12.5. The van der Waals surface area contributed by atoms with E-state index in [-0.39, 0.29) is 11.4 Å². The van der Waals surface area contributed by atoms with E-state index >= 15 is 0 Å². The molecule has 0 bridgehead atoms. The van der Waals surface area contributed by atoms with Crippen LogP contribution in [0.3, 0.4) is 0 Å². The molecule has 0 radical (unpaired) electrons. The van der Waals surface area contributed by atoms with Crippen LogP contribution >= 0.6 is 0 Å². The zero-order chi connectivity index (χ0) is 21.4. The van der Waals surface area contributed by atoms with Gasteiger partial charge in [0.1, 0.15) is 5.69 Å². The van der Waals surface area contributed by atoms with Crippen molar-refractivity contribution in [3.8, 4) is 28.5 Å². The van der Waals surface area contributed by atoms with E-state index in [2.05, 4.69) is 15.3 Å². The highest BCUT2D eigenvalue weighted by molar-refractivity contribution is 6.05. The SMILES string of the molecule is CN(C)c1ccc(-c2ccc3[nH]c(C(=O)Nc4cc(O)c(O)c(O)c4)cc3n2)cc1. The maximum absolute atomic E-state index is 12.5. The van der Waals surface area contributed by atoms with Gasteiger partial charge in [-0.05, 0) is 30.3 Å². The number of aromatic nitrogens is 2. The number of hydrogen-bond acceptors (Lipinski definition) is 6. The van der Waals surface area contributed by atoms with E-state index in [4.69, 9.17) is 0 Å². The number of fused-ring (bicyclic) bond motifs is 1. The number of nitrogens with one attached hydrogen (secondary N) is 2. The molecule has 0 saturated carbocycles. The molecule has 1 amide bonds. The van der Waals surface area contributed by atoms with Crippen LogP contribution in [-0.4, -0.2) is 45.3 Å². The molecule has 5 N–H and O–H groups in total. The molecule has 2 aromatic carbocycles. The van der Waals surface area contributed by atoms with Crippen molar-refractivity contribution in [3.63, 3.8) is 0 Å². The van der Waals surface area contributed by atoms with Crippen molar-refractivity contribution in [2.75, 3.05) is 24.3 Å². The van der Waals surface area contributed by atoms with Crippen molar-refractivity contribution < 1.29 is 20.1 Å². The molecule has 0 fully saturated rings. The Kier molecular flexibility index (Phi) is 4.67. The summed E-state index contributed by atoms with van der Waals surface area (Å²) in [6.45, 7) is 0. The standard InChI is InChI=1S/C22H20N4O4/c1-26(2)14-5-3-12(4-6-14)15-7-8-16-17(24-15)11-18(25-16)22(30)23-13-9-19(27)21(29)20(28)10-13/h3-11,25,27-29H,1-2H3,(H,23,30). The molecule has 0 aliphatic carbocycles. The quantitative estimate of drug-likeness (QED) is 0.261. The van der Waals surface area contributed by atoms with Gasteiger partial charge in [0.2, 0.25) is 0 Å². The first kappa shape index (κ1) is 19.1. The molecule has 0 aliphatic heterocycles. The zero-order valence-corrected chi connectivity index (χ0v) is 16.3. The molecular weight excluding hydrogens is 384 g/mol. The minimum Gasteiger partial charge on any atom is -0.504 e. The number of pyridine rings is 1. The van der Waals surface area contributed by atoms with Gasteiger partial charge in [0.25, 0.3) is 5.91 Å². The van der Waals surface area contributed by atoms with Gasteiger partial charge in [-0.15, -0.1) is 0 Å². The number of benzene rings is 2. The van der Waals surface area contributed by atoms with Crippen molar-refractivity contribution in [2.45, 2.75) is 0 Å². The van der Waals surface area contributed by atoms with E-state index in [1.165, 1.54) is 0 Å². The van der Waals surface area contributed by atoms with Crippen LogP contribution in [0.25, 0.3) is 22.3 Å². The van der Waals surface area contributed by atoms with Gasteiger partial charge in [-0.1, -0.05) is 12.1 Å². The first-order valence-corrected chi connectivity index (χ1v) is 9.15. The van der Waals surface area contributed by atoms with Crippen molar-refractivity contribution >= 4 is 28.3 Å². The third-order valence-corrected chi connectivity index (χ3v) is 4.73. The van der Waals surface area contributed by atoms with E-state index in [1.54, 1.807) is 6.07 Å². The van der Waals surface area contributed by atoms with Gasteiger partial charge >= 0.3 is 0 Å². The third kappa shape index (κ3) is 3.58. The summed E-state index contributed by atoms with van der Waals surface area (Å²) in [7, 11) is 3.96. The summed E-state index contributed by atoms with van der Waals surface area (Å²) in [5.74, 6) is -2.19. The molecular formula is C22H20N4O4. The molecule has 0 atom stereocenters. The maximum Gasteiger partial charge on any atom is 0.272 e. The zero-order valence-electron chi connectivity index (χ0n) is 16.3. The number of anilines is 2. The Morgan fingerprint density at radius 1 is 0.967 bits per heavy atom. The van der Waals surface area contributed by atoms with Crippen molar-refractivity contribution in [1.82, 2.24) is 9.97 Å². The molecule has 2 aromatic heterocycles. The van der Waals surface area contributed by atoms with Crippen LogP contribution in [0.4, 0.5) is 11.4 Å². The molecule has 0 spiro atoms. The van der Waals surface area contributed by atoms with Gasteiger partial charge in [-0.3, -0.25) is 4.79 Å². The molecule has 152 valence electrons. The number of amides is 1. The second-order valence-electron chi connectivity index (χ2n) is 7.07. The Hall–Kier alpha value is -4.20. The second-order valence-corrected chi connectivity index (χ2v) is 7.07. The Morgan fingerprint density at radius 2 is 1.63 bits per heavy atom. The number of nitrogens with zero attached hydrogens (tertiary/aromatic N) is 2. The van der Waals surface area contributed by atoms with Gasteiger partial charge in [0.05, 0.1) is 16.7 Å². The van der Waals surface area contributed by atoms with Crippen LogP contribution in [0.15, 0.2) is 54.6 Å². The molecule has 0 unspecified atom stereocenters. The van der Waals surface area contributed by atoms with Gasteiger partial charge in [0.15, 0.2) is 17.2 Å². The number of hydrogen-bond donors (Lipinski definition) is 5. The van der Waals surface area contributed by atoms with E-state index in [0.29, 0.717) is 11.0 Å². The summed E-state index contributed by atoms with van der Waals surface area (Å²) in [6.07, 6.45) is 0. The lowest BCUT2D eigenvalue weighted by Crippen LogP contribution is -2.12. The fourth-order valence-electron chi connectivity index (χ4n) is 3.10. The van der Waals surface area contributed by atoms with Gasteiger partial charge in [0, 0.05) is 43.2 Å². The summed E-state index contributed by atoms with van der Waals surface area (Å²) >= 11 is 0. The Balaban J connectivity index is 1.59. The number of phenols is 3. The van der Waals surface area contributed by atoms with Crippen LogP contribution in [-0.2, 0) is 0 Å². The van der Waals surface area contributed by atoms with Gasteiger partial charge in [-0.2, -0.15) is 0 Å². The van der Waals surface area contributed by atoms with Crippen LogP contribution < -0.4 is 10.2 Å². The molecule has 0 saturated heterocycles. The molecule has 2 heterocycles. The lowest BCUT2D eigenvalue weighted by molar-refractivity contribution is 0.102. The average molecular weight is 404 g/mol. The summed E-state index contributed by atoms with van der Waals surface area (Å²) in [4.78, 5) is 22.2. The summed E-state index contributed by atoms with van der Waals surface area (Å²) in [5.41, 5.74) is 4.57. The fourth-order valence-corrected chi connectivity index (χ4v) is 3.10. The van der Waals surface area contributed by atoms with E-state index in [1.807, 2.05) is 55.4 Å². The Labute approximate surface area is 172 Å². The smallest absolute Gasteiger partial charge is 0.272 e. The van der Waals surface area contributed by atoms with Crippen LogP contribution in [0.5, 0.6) is 17.2 Å². The van der Waals surface area contributed by atoms with Gasteiger partial charge < -0.3 is 30.5 Å². The summed E-state index contributed by atoms with van der Waals surface area (Å²) < 4.78 is 0. The number of carbonyl (C=O) groups excluding carboxylic acids is 1. The van der Waals surface area contributed by atoms with Crippen molar-refractivity contribution in [3.05, 3.63) is 60.3 Å². The third-order valence-electron chi connectivity index (χ3n) is 4.73. The lowest BCUT2D eigenvalue weighted by Gasteiger charge is -2.12.